The minimum absolute atomic E-state index is 0.181. The number of carbonyl (C=O) groups is 2. The summed E-state index contributed by atoms with van der Waals surface area (Å²) in [7, 11) is 0. The van der Waals surface area contributed by atoms with Crippen molar-refractivity contribution in [3.8, 4) is 11.5 Å². The maximum atomic E-state index is 12.7. The van der Waals surface area contributed by atoms with Gasteiger partial charge in [0.05, 0.1) is 6.61 Å². The molecule has 2 rings (SSSR count). The molecule has 0 aliphatic carbocycles. The number of hydrogen-bond donors (Lipinski definition) is 3. The molecule has 4 N–H and O–H groups in total. The molecule has 0 aliphatic rings. The van der Waals surface area contributed by atoms with Crippen LogP contribution in [0.2, 0.25) is 0 Å². The standard InChI is InChI=1S/C21H18F6N2O5/c22-20(23,24)11-33-14-5-6-15(18(28)31)16(10-14)17(19(32)29-7-8-30)9-12-1-3-13(4-2-12)34-21(25,26)27/h1-6,9-10,30H,7-8,11H2,(H2,28,31)(H,29,32)/b17-9-. The molecule has 0 saturated heterocycles. The lowest BCUT2D eigenvalue weighted by Crippen LogP contribution is -2.28. The molecule has 184 valence electrons. The Bertz CT molecular complexity index is 1050. The summed E-state index contributed by atoms with van der Waals surface area (Å²) < 4.78 is 83.1. The number of aliphatic hydroxyl groups is 1. The van der Waals surface area contributed by atoms with E-state index in [0.29, 0.717) is 0 Å². The van der Waals surface area contributed by atoms with Crippen LogP contribution in [-0.4, -0.2) is 49.2 Å². The van der Waals surface area contributed by atoms with Gasteiger partial charge < -0.3 is 25.6 Å². The monoisotopic (exact) mass is 492 g/mol. The van der Waals surface area contributed by atoms with E-state index < -0.39 is 43.3 Å². The summed E-state index contributed by atoms with van der Waals surface area (Å²) in [5.41, 5.74) is 4.81. The molecule has 0 bridgehead atoms. The van der Waals surface area contributed by atoms with E-state index in [0.717, 1.165) is 30.3 Å². The van der Waals surface area contributed by atoms with Gasteiger partial charge in [-0.1, -0.05) is 12.1 Å². The summed E-state index contributed by atoms with van der Waals surface area (Å²) in [6.07, 6.45) is -8.40. The van der Waals surface area contributed by atoms with E-state index >= 15 is 0 Å². The zero-order chi connectivity index (χ0) is 25.5. The van der Waals surface area contributed by atoms with Crippen molar-refractivity contribution in [2.45, 2.75) is 12.5 Å². The molecule has 34 heavy (non-hydrogen) atoms. The van der Waals surface area contributed by atoms with Gasteiger partial charge in [0.15, 0.2) is 6.61 Å². The summed E-state index contributed by atoms with van der Waals surface area (Å²) in [4.78, 5) is 24.6. The quantitative estimate of drug-likeness (QED) is 0.283. The third-order valence-electron chi connectivity index (χ3n) is 4.02. The van der Waals surface area contributed by atoms with Crippen molar-refractivity contribution >= 4 is 23.5 Å². The van der Waals surface area contributed by atoms with Gasteiger partial charge in [0, 0.05) is 23.2 Å². The molecule has 0 spiro atoms. The summed E-state index contributed by atoms with van der Waals surface area (Å²) in [6.45, 7) is -2.29. The smallest absolute Gasteiger partial charge is 0.484 e. The largest absolute Gasteiger partial charge is 0.573 e. The Morgan fingerprint density at radius 2 is 1.59 bits per heavy atom. The maximum Gasteiger partial charge on any atom is 0.573 e. The van der Waals surface area contributed by atoms with Crippen LogP contribution in [0.5, 0.6) is 11.5 Å². The lowest BCUT2D eigenvalue weighted by atomic mass is 9.96. The minimum Gasteiger partial charge on any atom is -0.484 e. The third kappa shape index (κ3) is 8.31. The van der Waals surface area contributed by atoms with E-state index in [2.05, 4.69) is 14.8 Å². The third-order valence-corrected chi connectivity index (χ3v) is 4.02. The average Bonchev–Trinajstić information content (AvgIpc) is 2.73. The Balaban J connectivity index is 2.54. The Morgan fingerprint density at radius 1 is 0.971 bits per heavy atom. The van der Waals surface area contributed by atoms with Crippen molar-refractivity contribution in [3.63, 3.8) is 0 Å². The number of nitrogens with one attached hydrogen (secondary N) is 1. The van der Waals surface area contributed by atoms with Crippen LogP contribution in [0.15, 0.2) is 42.5 Å². The van der Waals surface area contributed by atoms with Crippen LogP contribution in [-0.2, 0) is 4.79 Å². The molecular weight excluding hydrogens is 474 g/mol. The second-order valence-corrected chi connectivity index (χ2v) is 6.63. The fourth-order valence-corrected chi connectivity index (χ4v) is 2.68. The van der Waals surface area contributed by atoms with Crippen LogP contribution < -0.4 is 20.5 Å². The Kier molecular flexibility index (Phi) is 8.51. The molecule has 0 saturated carbocycles. The molecule has 2 amide bonds. The number of rotatable bonds is 9. The highest BCUT2D eigenvalue weighted by atomic mass is 19.4. The lowest BCUT2D eigenvalue weighted by Gasteiger charge is -2.15. The second-order valence-electron chi connectivity index (χ2n) is 6.63. The van der Waals surface area contributed by atoms with Gasteiger partial charge in [0.25, 0.3) is 5.91 Å². The molecule has 0 aliphatic heterocycles. The fraction of sp³-hybridized carbons (Fsp3) is 0.238. The van der Waals surface area contributed by atoms with Gasteiger partial charge in [-0.15, -0.1) is 13.2 Å². The van der Waals surface area contributed by atoms with Gasteiger partial charge >= 0.3 is 12.5 Å². The van der Waals surface area contributed by atoms with Crippen molar-refractivity contribution in [1.29, 1.82) is 0 Å². The fourth-order valence-electron chi connectivity index (χ4n) is 2.68. The van der Waals surface area contributed by atoms with Crippen LogP contribution >= 0.6 is 0 Å². The zero-order valence-electron chi connectivity index (χ0n) is 17.2. The van der Waals surface area contributed by atoms with Crippen molar-refractivity contribution in [2.75, 3.05) is 19.8 Å². The van der Waals surface area contributed by atoms with Crippen molar-refractivity contribution in [1.82, 2.24) is 5.32 Å². The van der Waals surface area contributed by atoms with E-state index in [1.54, 1.807) is 0 Å². The number of alkyl halides is 6. The first-order chi connectivity index (χ1) is 15.8. The molecule has 0 atom stereocenters. The molecule has 0 aromatic heterocycles. The van der Waals surface area contributed by atoms with E-state index in [-0.39, 0.29) is 34.6 Å². The van der Waals surface area contributed by atoms with E-state index in [9.17, 15) is 35.9 Å². The molecule has 13 heteroatoms. The molecule has 0 fully saturated rings. The van der Waals surface area contributed by atoms with E-state index in [1.807, 2.05) is 0 Å². The van der Waals surface area contributed by atoms with Gasteiger partial charge in [0.1, 0.15) is 11.5 Å². The molecule has 0 heterocycles. The van der Waals surface area contributed by atoms with Gasteiger partial charge in [-0.3, -0.25) is 9.59 Å². The van der Waals surface area contributed by atoms with Crippen LogP contribution in [0.3, 0.4) is 0 Å². The molecule has 7 nitrogen and oxygen atoms in total. The average molecular weight is 492 g/mol. The van der Waals surface area contributed by atoms with Crippen LogP contribution in [0.25, 0.3) is 11.6 Å². The van der Waals surface area contributed by atoms with Gasteiger partial charge in [-0.2, -0.15) is 13.2 Å². The highest BCUT2D eigenvalue weighted by molar-refractivity contribution is 6.26. The molecule has 0 unspecified atom stereocenters. The summed E-state index contributed by atoms with van der Waals surface area (Å²) in [5, 5.41) is 11.3. The van der Waals surface area contributed by atoms with Gasteiger partial charge in [0.2, 0.25) is 5.91 Å². The molecule has 2 aromatic carbocycles. The number of aliphatic hydroxyl groups excluding tert-OH is 1. The number of ether oxygens (including phenoxy) is 2. The first kappa shape index (κ1) is 26.5. The number of benzene rings is 2. The van der Waals surface area contributed by atoms with Crippen molar-refractivity contribution in [2.24, 2.45) is 5.73 Å². The van der Waals surface area contributed by atoms with Crippen LogP contribution in [0.4, 0.5) is 26.3 Å². The topological polar surface area (TPSA) is 111 Å². The number of carbonyl (C=O) groups excluding carboxylic acids is 2. The second kappa shape index (κ2) is 10.9. The number of amides is 2. The Hall–Kier alpha value is -3.74. The van der Waals surface area contributed by atoms with E-state index in [1.165, 1.54) is 18.2 Å². The minimum atomic E-state index is -4.92. The predicted molar refractivity (Wildman–Crippen MR) is 108 cm³/mol. The van der Waals surface area contributed by atoms with Gasteiger partial charge in [-0.05, 0) is 42.0 Å². The number of primary amides is 1. The normalized spacial score (nSPS) is 12.3. The molecule has 2 aromatic rings. The van der Waals surface area contributed by atoms with Crippen molar-refractivity contribution in [3.05, 3.63) is 59.2 Å². The number of nitrogens with two attached hydrogens (primary N) is 1. The summed E-state index contributed by atoms with van der Waals surface area (Å²) in [6, 6.07) is 7.42. The van der Waals surface area contributed by atoms with Crippen molar-refractivity contribution < 1.29 is 50.5 Å². The zero-order valence-corrected chi connectivity index (χ0v) is 17.2. The Labute approximate surface area is 188 Å². The summed E-state index contributed by atoms with van der Waals surface area (Å²) in [5.74, 6) is -2.71. The molecular formula is C21H18F6N2O5. The Morgan fingerprint density at radius 3 is 2.12 bits per heavy atom. The predicted octanol–water partition coefficient (Wildman–Crippen LogP) is 3.27. The SMILES string of the molecule is NC(=O)c1ccc(OCC(F)(F)F)cc1/C(=C/c1ccc(OC(F)(F)F)cc1)C(=O)NCCO. The highest BCUT2D eigenvalue weighted by Crippen LogP contribution is 2.29. The lowest BCUT2D eigenvalue weighted by molar-refractivity contribution is -0.274. The van der Waals surface area contributed by atoms with Gasteiger partial charge in [-0.25, -0.2) is 0 Å². The first-order valence-electron chi connectivity index (χ1n) is 9.39. The van der Waals surface area contributed by atoms with Crippen LogP contribution in [0, 0.1) is 0 Å². The van der Waals surface area contributed by atoms with E-state index in [4.69, 9.17) is 10.8 Å². The first-order valence-corrected chi connectivity index (χ1v) is 9.39. The summed E-state index contributed by atoms with van der Waals surface area (Å²) >= 11 is 0. The molecule has 0 radical (unpaired) electrons. The number of halogens is 6. The number of hydrogen-bond acceptors (Lipinski definition) is 5. The van der Waals surface area contributed by atoms with Crippen LogP contribution in [0.1, 0.15) is 21.5 Å². The maximum absolute atomic E-state index is 12.7. The highest BCUT2D eigenvalue weighted by Gasteiger charge is 2.31.